The van der Waals surface area contributed by atoms with Crippen molar-refractivity contribution in [2.75, 3.05) is 12.8 Å². The molecule has 24 heavy (non-hydrogen) atoms. The van der Waals surface area contributed by atoms with Gasteiger partial charge in [-0.3, -0.25) is 0 Å². The van der Waals surface area contributed by atoms with Gasteiger partial charge in [0, 0.05) is 0 Å². The normalized spacial score (nSPS) is 13.4. The topological polar surface area (TPSA) is 67.6 Å². The maximum Gasteiger partial charge on any atom is 0.508 e. The molecule has 0 rings (SSSR count). The first-order chi connectivity index (χ1) is 10.7. The van der Waals surface area contributed by atoms with Gasteiger partial charge >= 0.3 is 17.4 Å². The molecule has 0 aliphatic carbocycles. The number of hydrogen-bond acceptors (Lipinski definition) is 5. The molecule has 6 nitrogen and oxygen atoms in total. The van der Waals surface area contributed by atoms with E-state index < -0.39 is 23.4 Å². The van der Waals surface area contributed by atoms with Crippen molar-refractivity contribution in [1.82, 2.24) is 5.32 Å². The predicted octanol–water partition coefficient (Wildman–Crippen LogP) is 4.22. The summed E-state index contributed by atoms with van der Waals surface area (Å²) in [7, 11) is 0. The molecular formula is C17H33N2O4S+. The summed E-state index contributed by atoms with van der Waals surface area (Å²) in [6.07, 6.45) is 1.51. The number of amidine groups is 1. The van der Waals surface area contributed by atoms with E-state index in [4.69, 9.17) is 9.47 Å². The molecule has 0 unspecified atom stereocenters. The highest BCUT2D eigenvalue weighted by atomic mass is 32.2. The van der Waals surface area contributed by atoms with E-state index >= 15 is 0 Å². The van der Waals surface area contributed by atoms with Gasteiger partial charge < -0.3 is 9.47 Å². The number of nitrogens with zero attached hydrogens (tertiary/aromatic N) is 1. The van der Waals surface area contributed by atoms with E-state index in [-0.39, 0.29) is 0 Å². The van der Waals surface area contributed by atoms with Crippen molar-refractivity contribution in [3.05, 3.63) is 0 Å². The van der Waals surface area contributed by atoms with Crippen LogP contribution in [0.2, 0.25) is 0 Å². The van der Waals surface area contributed by atoms with Crippen LogP contribution in [0.4, 0.5) is 9.59 Å². The minimum Gasteiger partial charge on any atom is -0.426 e. The molecule has 0 atom stereocenters. The van der Waals surface area contributed by atoms with Gasteiger partial charge in [0.15, 0.2) is 0 Å². The van der Waals surface area contributed by atoms with Gasteiger partial charge in [0.05, 0.1) is 6.54 Å². The van der Waals surface area contributed by atoms with Crippen LogP contribution in [-0.2, 0) is 9.47 Å². The van der Waals surface area contributed by atoms with E-state index in [1.54, 1.807) is 27.0 Å². The molecule has 0 aliphatic heterocycles. The summed E-state index contributed by atoms with van der Waals surface area (Å²) in [6.45, 7) is 15.4. The lowest BCUT2D eigenvalue weighted by molar-refractivity contribution is -0.451. The van der Waals surface area contributed by atoms with E-state index in [0.29, 0.717) is 17.6 Å². The monoisotopic (exact) mass is 361 g/mol. The number of thioether (sulfide) groups is 1. The Morgan fingerprint density at radius 1 is 1.04 bits per heavy atom. The number of nitrogens with one attached hydrogen (secondary N) is 1. The number of carbonyl (C=O) groups is 2. The second-order valence-corrected chi connectivity index (χ2v) is 8.75. The van der Waals surface area contributed by atoms with Crippen LogP contribution < -0.4 is 5.32 Å². The van der Waals surface area contributed by atoms with Gasteiger partial charge in [0.1, 0.15) is 11.2 Å². The highest BCUT2D eigenvalue weighted by molar-refractivity contribution is 8.13. The fourth-order valence-electron chi connectivity index (χ4n) is 1.60. The Bertz CT molecular complexity index is 474. The van der Waals surface area contributed by atoms with Crippen molar-refractivity contribution in [2.24, 2.45) is 5.92 Å². The van der Waals surface area contributed by atoms with Gasteiger partial charge in [-0.25, -0.2) is 0 Å². The summed E-state index contributed by atoms with van der Waals surface area (Å²) < 4.78 is 12.2. The average Bonchev–Trinajstić information content (AvgIpc) is 2.32. The first-order valence-corrected chi connectivity index (χ1v) is 9.39. The molecule has 0 aromatic heterocycles. The quantitative estimate of drug-likeness (QED) is 0.463. The van der Waals surface area contributed by atoms with E-state index in [1.807, 2.05) is 20.8 Å². The minimum atomic E-state index is -0.609. The largest absolute Gasteiger partial charge is 0.508 e. The Labute approximate surface area is 150 Å². The van der Waals surface area contributed by atoms with Crippen molar-refractivity contribution >= 4 is 29.1 Å². The second kappa shape index (κ2) is 9.30. The number of rotatable bonds is 3. The summed E-state index contributed by atoms with van der Waals surface area (Å²) in [5, 5.41) is 3.06. The number of ether oxygens (including phenoxy) is 2. The molecule has 2 amide bonds. The molecule has 0 saturated carbocycles. The summed E-state index contributed by atoms with van der Waals surface area (Å²) in [6, 6.07) is 0. The van der Waals surface area contributed by atoms with Crippen molar-refractivity contribution in [3.63, 3.8) is 0 Å². The van der Waals surface area contributed by atoms with Crippen LogP contribution in [0.5, 0.6) is 0 Å². The minimum absolute atomic E-state index is 0.402. The second-order valence-electron chi connectivity index (χ2n) is 7.95. The van der Waals surface area contributed by atoms with Gasteiger partial charge in [-0.1, -0.05) is 13.8 Å². The summed E-state index contributed by atoms with van der Waals surface area (Å²) in [5.41, 5.74) is -1.22. The molecule has 0 fully saturated rings. The van der Waals surface area contributed by atoms with E-state index in [2.05, 4.69) is 19.2 Å². The summed E-state index contributed by atoms with van der Waals surface area (Å²) >= 11 is 1.27. The standard InChI is InChI=1S/C17H32N2O4S/c1-12(2)10-11-19(15(21)23-17(6,7)8)13(24-9)18-14(20)22-16(3,4)5/h12H,10-11H2,1-9H3/p+1. The molecule has 0 saturated heterocycles. The maximum absolute atomic E-state index is 12.5. The highest BCUT2D eigenvalue weighted by Gasteiger charge is 2.30. The number of carbonyl (C=O) groups excluding carboxylic acids is 2. The van der Waals surface area contributed by atoms with Gasteiger partial charge in [0.2, 0.25) is 0 Å². The zero-order chi connectivity index (χ0) is 19.1. The van der Waals surface area contributed by atoms with Crippen molar-refractivity contribution in [2.45, 2.75) is 73.0 Å². The Morgan fingerprint density at radius 3 is 1.92 bits per heavy atom. The van der Waals surface area contributed by atoms with Crippen LogP contribution in [0, 0.1) is 5.92 Å². The molecule has 0 radical (unpaired) electrons. The molecule has 7 heteroatoms. The summed E-state index contributed by atoms with van der Waals surface area (Å²) in [4.78, 5) is 24.5. The van der Waals surface area contributed by atoms with Crippen molar-refractivity contribution in [3.8, 4) is 0 Å². The van der Waals surface area contributed by atoms with Gasteiger partial charge in [-0.15, -0.1) is 0 Å². The molecule has 0 spiro atoms. The van der Waals surface area contributed by atoms with Crippen molar-refractivity contribution in [1.29, 1.82) is 0 Å². The van der Waals surface area contributed by atoms with Crippen LogP contribution in [0.1, 0.15) is 61.8 Å². The smallest absolute Gasteiger partial charge is 0.426 e. The van der Waals surface area contributed by atoms with Crippen LogP contribution >= 0.6 is 11.8 Å². The third kappa shape index (κ3) is 10.5. The average molecular weight is 362 g/mol. The zero-order valence-corrected chi connectivity index (χ0v) is 17.3. The first-order valence-electron chi connectivity index (χ1n) is 8.16. The van der Waals surface area contributed by atoms with Crippen LogP contribution in [0.3, 0.4) is 0 Å². The molecule has 0 aliphatic rings. The fourth-order valence-corrected chi connectivity index (χ4v) is 2.17. The Kier molecular flexibility index (Phi) is 8.82. The van der Waals surface area contributed by atoms with Crippen LogP contribution in [0.25, 0.3) is 0 Å². The van der Waals surface area contributed by atoms with E-state index in [1.165, 1.54) is 16.3 Å². The van der Waals surface area contributed by atoms with Crippen LogP contribution in [-0.4, -0.2) is 45.9 Å². The Balaban J connectivity index is 5.44. The molecular weight excluding hydrogens is 328 g/mol. The maximum atomic E-state index is 12.5. The summed E-state index contributed by atoms with van der Waals surface area (Å²) in [5.74, 6) is 0.416. The molecule has 0 aromatic rings. The van der Waals surface area contributed by atoms with E-state index in [0.717, 1.165) is 6.42 Å². The van der Waals surface area contributed by atoms with Gasteiger partial charge in [0.25, 0.3) is 0 Å². The third-order valence-corrected chi connectivity index (χ3v) is 3.30. The van der Waals surface area contributed by atoms with Gasteiger partial charge in [-0.05, 0) is 71.9 Å². The Morgan fingerprint density at radius 2 is 1.54 bits per heavy atom. The fraction of sp³-hybridized carbons (Fsp3) is 0.824. The van der Waals surface area contributed by atoms with Crippen LogP contribution in [0.15, 0.2) is 0 Å². The molecule has 140 valence electrons. The lowest BCUT2D eigenvalue weighted by atomic mass is 10.1. The SMILES string of the molecule is CSC(NC(=O)OC(C)(C)C)=[N+](CCC(C)C)C(=O)OC(C)(C)C. The Hall–Kier alpha value is -1.24. The molecule has 0 heterocycles. The number of amides is 2. The molecule has 1 N–H and O–H groups in total. The van der Waals surface area contributed by atoms with Crippen molar-refractivity contribution < 1.29 is 23.6 Å². The molecule has 0 aromatic carbocycles. The predicted molar refractivity (Wildman–Crippen MR) is 98.7 cm³/mol. The van der Waals surface area contributed by atoms with E-state index in [9.17, 15) is 9.59 Å². The highest BCUT2D eigenvalue weighted by Crippen LogP contribution is 2.12. The number of alkyl carbamates (subject to hydrolysis) is 1. The lowest BCUT2D eigenvalue weighted by Crippen LogP contribution is -2.43. The lowest BCUT2D eigenvalue weighted by Gasteiger charge is -2.20. The number of hydrogen-bond donors (Lipinski definition) is 1. The zero-order valence-electron chi connectivity index (χ0n) is 16.5. The first kappa shape index (κ1) is 22.8. The van der Waals surface area contributed by atoms with Gasteiger partial charge in [-0.2, -0.15) is 19.5 Å². The molecule has 0 bridgehead atoms. The third-order valence-electron chi connectivity index (χ3n) is 2.59.